The highest BCUT2D eigenvalue weighted by Gasteiger charge is 2.23. The number of nitrogens with one attached hydrogen (secondary N) is 2. The quantitative estimate of drug-likeness (QED) is 0.340. The van der Waals surface area contributed by atoms with Gasteiger partial charge in [0.05, 0.1) is 27.5 Å². The van der Waals surface area contributed by atoms with Gasteiger partial charge in [-0.1, -0.05) is 53.3 Å². The van der Waals surface area contributed by atoms with Crippen molar-refractivity contribution in [2.45, 2.75) is 18.9 Å². The summed E-state index contributed by atoms with van der Waals surface area (Å²) in [6.07, 6.45) is 1.27. The molecule has 0 saturated heterocycles. The second kappa shape index (κ2) is 9.49. The van der Waals surface area contributed by atoms with E-state index in [0.717, 1.165) is 16.9 Å². The summed E-state index contributed by atoms with van der Waals surface area (Å²) in [6.45, 7) is 2.93. The minimum Gasteiger partial charge on any atom is -0.325 e. The van der Waals surface area contributed by atoms with E-state index >= 15 is 0 Å². The Labute approximate surface area is 204 Å². The van der Waals surface area contributed by atoms with Crippen LogP contribution in [0.3, 0.4) is 0 Å². The van der Waals surface area contributed by atoms with Crippen LogP contribution in [0.2, 0.25) is 5.02 Å². The van der Waals surface area contributed by atoms with E-state index in [9.17, 15) is 17.6 Å². The van der Waals surface area contributed by atoms with E-state index in [0.29, 0.717) is 27.4 Å². The van der Waals surface area contributed by atoms with Crippen molar-refractivity contribution < 1.29 is 17.6 Å². The van der Waals surface area contributed by atoms with Gasteiger partial charge in [-0.05, 0) is 42.3 Å². The topological polar surface area (TPSA) is 101 Å². The minimum atomic E-state index is -4.08. The van der Waals surface area contributed by atoms with Crippen molar-refractivity contribution in [3.05, 3.63) is 77.2 Å². The number of carbonyl (C=O) groups is 1. The summed E-state index contributed by atoms with van der Waals surface area (Å²) in [4.78, 5) is 20.4. The van der Waals surface area contributed by atoms with Gasteiger partial charge in [0.15, 0.2) is 10.2 Å². The number of aromatic nitrogens is 2. The van der Waals surface area contributed by atoms with Crippen LogP contribution >= 0.6 is 22.9 Å². The first kappa shape index (κ1) is 23.8. The van der Waals surface area contributed by atoms with Crippen LogP contribution in [0.1, 0.15) is 12.5 Å². The maximum Gasteiger partial charge on any atom is 0.281 e. The van der Waals surface area contributed by atoms with Crippen LogP contribution in [0.15, 0.2) is 65.8 Å². The summed E-state index contributed by atoms with van der Waals surface area (Å²) in [5.41, 5.74) is 2.56. The van der Waals surface area contributed by atoms with Crippen LogP contribution in [0, 0.1) is 12.7 Å². The molecule has 2 aromatic carbocycles. The predicted octanol–water partition coefficient (Wildman–Crippen LogP) is 5.73. The molecule has 34 heavy (non-hydrogen) atoms. The van der Waals surface area contributed by atoms with Crippen LogP contribution in [0.25, 0.3) is 21.7 Å². The molecule has 0 atom stereocenters. The lowest BCUT2D eigenvalue weighted by atomic mass is 10.1. The highest BCUT2D eigenvalue weighted by molar-refractivity contribution is 7.92. The van der Waals surface area contributed by atoms with Crippen molar-refractivity contribution in [1.29, 1.82) is 0 Å². The Morgan fingerprint density at radius 2 is 1.82 bits per heavy atom. The molecule has 4 aromatic rings. The summed E-state index contributed by atoms with van der Waals surface area (Å²) in [5.74, 6) is -0.855. The zero-order valence-corrected chi connectivity index (χ0v) is 20.4. The normalized spacial score (nSPS) is 11.3. The fraction of sp³-hybridized carbons (Fsp3) is 0.0870. The highest BCUT2D eigenvalue weighted by atomic mass is 35.5. The molecule has 11 heteroatoms. The van der Waals surface area contributed by atoms with Gasteiger partial charge in [0.25, 0.3) is 10.0 Å². The van der Waals surface area contributed by atoms with Crippen molar-refractivity contribution in [3.8, 4) is 21.7 Å². The average molecular weight is 517 g/mol. The van der Waals surface area contributed by atoms with E-state index < -0.39 is 15.8 Å². The number of rotatable bonds is 6. The van der Waals surface area contributed by atoms with Gasteiger partial charge < -0.3 is 5.32 Å². The van der Waals surface area contributed by atoms with Crippen LogP contribution in [0.5, 0.6) is 0 Å². The summed E-state index contributed by atoms with van der Waals surface area (Å²) in [7, 11) is -4.08. The lowest BCUT2D eigenvalue weighted by Gasteiger charge is -2.09. The zero-order valence-electron chi connectivity index (χ0n) is 18.0. The molecule has 0 spiro atoms. The van der Waals surface area contributed by atoms with Crippen LogP contribution in [-0.4, -0.2) is 24.3 Å². The van der Waals surface area contributed by atoms with Gasteiger partial charge in [-0.15, -0.1) is 0 Å². The number of halogens is 2. The highest BCUT2D eigenvalue weighted by Crippen LogP contribution is 2.40. The molecule has 0 radical (unpaired) electrons. The first-order valence-electron chi connectivity index (χ1n) is 9.93. The fourth-order valence-corrected chi connectivity index (χ4v) is 5.83. The summed E-state index contributed by atoms with van der Waals surface area (Å²) < 4.78 is 42.4. The lowest BCUT2D eigenvalue weighted by molar-refractivity contribution is -0.114. The molecule has 174 valence electrons. The Bertz CT molecular complexity index is 1490. The van der Waals surface area contributed by atoms with E-state index in [1.54, 1.807) is 6.92 Å². The van der Waals surface area contributed by atoms with Crippen molar-refractivity contribution in [2.24, 2.45) is 0 Å². The predicted molar refractivity (Wildman–Crippen MR) is 132 cm³/mol. The summed E-state index contributed by atoms with van der Waals surface area (Å²) in [5, 5.41) is 2.42. The van der Waals surface area contributed by atoms with Gasteiger partial charge in [-0.3, -0.25) is 9.52 Å². The van der Waals surface area contributed by atoms with E-state index in [-0.39, 0.29) is 21.1 Å². The lowest BCUT2D eigenvalue weighted by Crippen LogP contribution is -2.16. The molecule has 1 amide bonds. The number of hydrogen-bond acceptors (Lipinski definition) is 6. The Balaban J connectivity index is 1.74. The fourth-order valence-electron chi connectivity index (χ4n) is 3.27. The molecule has 2 N–H and O–H groups in total. The van der Waals surface area contributed by atoms with E-state index in [4.69, 9.17) is 11.6 Å². The number of anilines is 2. The number of aryl methyl sites for hydroxylation is 1. The molecule has 0 saturated carbocycles. The minimum absolute atomic E-state index is 0.0641. The molecule has 0 aliphatic carbocycles. The Morgan fingerprint density at radius 1 is 1.09 bits per heavy atom. The zero-order chi connectivity index (χ0) is 24.5. The first-order chi connectivity index (χ1) is 16.1. The molecule has 0 aliphatic heterocycles. The summed E-state index contributed by atoms with van der Waals surface area (Å²) >= 11 is 7.11. The van der Waals surface area contributed by atoms with Gasteiger partial charge in [0.1, 0.15) is 5.82 Å². The van der Waals surface area contributed by atoms with Crippen LogP contribution in [0.4, 0.5) is 15.2 Å². The maximum atomic E-state index is 13.7. The van der Waals surface area contributed by atoms with Crippen molar-refractivity contribution >= 4 is 49.7 Å². The molecule has 0 bridgehead atoms. The molecule has 0 unspecified atom stereocenters. The first-order valence-corrected chi connectivity index (χ1v) is 12.6. The standard InChI is InChI=1S/C23H18ClFN4O3S2/c1-13-10-17(27-14(2)30)12-26-22(13)34(31,32)29-23-28-20(16-8-9-19(25)18(24)11-16)21(33-23)15-6-4-3-5-7-15/h3-12H,1-2H3,(H,27,30)(H,28,29). The second-order valence-electron chi connectivity index (χ2n) is 7.32. The number of amides is 1. The molecular weight excluding hydrogens is 499 g/mol. The average Bonchev–Trinajstić information content (AvgIpc) is 3.18. The number of sulfonamides is 1. The van der Waals surface area contributed by atoms with Crippen molar-refractivity contribution in [2.75, 3.05) is 10.0 Å². The van der Waals surface area contributed by atoms with Gasteiger partial charge in [-0.25, -0.2) is 14.4 Å². The molecule has 2 heterocycles. The molecule has 0 aliphatic rings. The number of benzene rings is 2. The number of nitrogens with zero attached hydrogens (tertiary/aromatic N) is 2. The number of pyridine rings is 1. The molecular formula is C23H18ClFN4O3S2. The number of hydrogen-bond donors (Lipinski definition) is 2. The number of carbonyl (C=O) groups excluding carboxylic acids is 1. The van der Waals surface area contributed by atoms with E-state index in [1.165, 1.54) is 37.4 Å². The SMILES string of the molecule is CC(=O)Nc1cnc(S(=O)(=O)Nc2nc(-c3ccc(F)c(Cl)c3)c(-c3ccccc3)s2)c(C)c1. The van der Waals surface area contributed by atoms with Crippen LogP contribution < -0.4 is 10.0 Å². The van der Waals surface area contributed by atoms with E-state index in [2.05, 4.69) is 20.0 Å². The maximum absolute atomic E-state index is 13.7. The molecule has 4 rings (SSSR count). The van der Waals surface area contributed by atoms with Crippen molar-refractivity contribution in [1.82, 2.24) is 9.97 Å². The van der Waals surface area contributed by atoms with Crippen molar-refractivity contribution in [3.63, 3.8) is 0 Å². The Morgan fingerprint density at radius 3 is 2.47 bits per heavy atom. The van der Waals surface area contributed by atoms with Gasteiger partial charge in [0.2, 0.25) is 5.91 Å². The third-order valence-electron chi connectivity index (χ3n) is 4.68. The Hall–Kier alpha value is -3.34. The largest absolute Gasteiger partial charge is 0.325 e. The monoisotopic (exact) mass is 516 g/mol. The third kappa shape index (κ3) is 5.09. The second-order valence-corrected chi connectivity index (χ2v) is 10.3. The van der Waals surface area contributed by atoms with Gasteiger partial charge in [-0.2, -0.15) is 8.42 Å². The van der Waals surface area contributed by atoms with Gasteiger partial charge >= 0.3 is 0 Å². The smallest absolute Gasteiger partial charge is 0.281 e. The molecule has 7 nitrogen and oxygen atoms in total. The van der Waals surface area contributed by atoms with E-state index in [1.807, 2.05) is 30.3 Å². The summed E-state index contributed by atoms with van der Waals surface area (Å²) in [6, 6.07) is 15.0. The molecule has 0 fully saturated rings. The third-order valence-corrected chi connectivity index (χ3v) is 7.52. The van der Waals surface area contributed by atoms with Gasteiger partial charge in [0, 0.05) is 12.5 Å². The molecule has 2 aromatic heterocycles. The van der Waals surface area contributed by atoms with Crippen LogP contribution in [-0.2, 0) is 14.8 Å². The Kier molecular flexibility index (Phi) is 6.65. The number of thiazole rings is 1.